The number of anilines is 2. The molecule has 3 N–H and O–H groups in total. The van der Waals surface area contributed by atoms with Crippen LogP contribution < -0.4 is 10.6 Å². The molecular weight excluding hydrogens is 328 g/mol. The van der Waals surface area contributed by atoms with E-state index >= 15 is 0 Å². The molecule has 0 saturated heterocycles. The van der Waals surface area contributed by atoms with Gasteiger partial charge in [-0.15, -0.1) is 11.8 Å². The minimum Gasteiger partial charge on any atom is -0.478 e. The summed E-state index contributed by atoms with van der Waals surface area (Å²) in [4.78, 5) is 36.4. The number of carbonyl (C=O) groups excluding carboxylic acids is 2. The van der Waals surface area contributed by atoms with Crippen LogP contribution >= 0.6 is 11.8 Å². The van der Waals surface area contributed by atoms with E-state index in [1.165, 1.54) is 23.9 Å². The first-order valence-corrected chi connectivity index (χ1v) is 8.11. The molecule has 0 radical (unpaired) electrons. The highest BCUT2D eigenvalue weighted by Crippen LogP contribution is 2.36. The first-order valence-electron chi connectivity index (χ1n) is 7.23. The molecule has 1 aliphatic rings. The van der Waals surface area contributed by atoms with Crippen molar-refractivity contribution < 1.29 is 19.5 Å². The summed E-state index contributed by atoms with van der Waals surface area (Å²) in [7, 11) is 0. The minimum absolute atomic E-state index is 0.0111. The molecule has 122 valence electrons. The number of nitrogens with one attached hydrogen (secondary N) is 2. The Kier molecular flexibility index (Phi) is 4.52. The summed E-state index contributed by atoms with van der Waals surface area (Å²) in [5.41, 5.74) is 0.967. The molecule has 7 heteroatoms. The second-order valence-electron chi connectivity index (χ2n) is 5.19. The summed E-state index contributed by atoms with van der Waals surface area (Å²) in [5.74, 6) is -1.76. The predicted octanol–water partition coefficient (Wildman–Crippen LogP) is 2.83. The zero-order valence-corrected chi connectivity index (χ0v) is 13.3. The van der Waals surface area contributed by atoms with Crippen molar-refractivity contribution in [2.24, 2.45) is 0 Å². The number of para-hydroxylation sites is 2. The van der Waals surface area contributed by atoms with Crippen molar-refractivity contribution in [2.75, 3.05) is 10.6 Å². The number of rotatable bonds is 4. The second-order valence-corrected chi connectivity index (χ2v) is 6.44. The third-order valence-corrected chi connectivity index (χ3v) is 4.78. The van der Waals surface area contributed by atoms with Gasteiger partial charge < -0.3 is 15.7 Å². The zero-order valence-electron chi connectivity index (χ0n) is 12.5. The monoisotopic (exact) mass is 342 g/mol. The summed E-state index contributed by atoms with van der Waals surface area (Å²) in [6, 6.07) is 13.5. The average Bonchev–Trinajstić information content (AvgIpc) is 2.55. The Morgan fingerprint density at radius 1 is 1.12 bits per heavy atom. The number of aromatic carboxylic acids is 1. The first kappa shape index (κ1) is 16.1. The number of carboxylic acids is 1. The van der Waals surface area contributed by atoms with Crippen molar-refractivity contribution in [1.29, 1.82) is 0 Å². The lowest BCUT2D eigenvalue weighted by molar-refractivity contribution is -0.120. The molecule has 0 spiro atoms. The average molecular weight is 342 g/mol. The van der Waals surface area contributed by atoms with Crippen LogP contribution in [0.1, 0.15) is 16.8 Å². The highest BCUT2D eigenvalue weighted by atomic mass is 32.2. The molecular formula is C17H14N2O4S. The SMILES string of the molecule is O=C(CC1Sc2ccccc2NC1=O)Nc1ccccc1C(=O)O. The Balaban J connectivity index is 1.70. The van der Waals surface area contributed by atoms with Crippen LogP contribution in [0.2, 0.25) is 0 Å². The Labute approximate surface area is 142 Å². The molecule has 24 heavy (non-hydrogen) atoms. The van der Waals surface area contributed by atoms with Gasteiger partial charge in [-0.3, -0.25) is 9.59 Å². The quantitative estimate of drug-likeness (QED) is 0.794. The van der Waals surface area contributed by atoms with Crippen molar-refractivity contribution in [3.8, 4) is 0 Å². The van der Waals surface area contributed by atoms with E-state index in [0.717, 1.165) is 10.6 Å². The molecule has 0 aromatic heterocycles. The third-order valence-electron chi connectivity index (χ3n) is 3.51. The van der Waals surface area contributed by atoms with Crippen molar-refractivity contribution in [3.63, 3.8) is 0 Å². The van der Waals surface area contributed by atoms with Crippen molar-refractivity contribution in [1.82, 2.24) is 0 Å². The molecule has 0 saturated carbocycles. The molecule has 0 aliphatic carbocycles. The van der Waals surface area contributed by atoms with Gasteiger partial charge in [0, 0.05) is 11.3 Å². The zero-order chi connectivity index (χ0) is 17.1. The van der Waals surface area contributed by atoms with E-state index in [0.29, 0.717) is 0 Å². The van der Waals surface area contributed by atoms with Crippen LogP contribution in [0.3, 0.4) is 0 Å². The van der Waals surface area contributed by atoms with Gasteiger partial charge in [0.1, 0.15) is 0 Å². The van der Waals surface area contributed by atoms with Crippen LogP contribution in [0.15, 0.2) is 53.4 Å². The highest BCUT2D eigenvalue weighted by molar-refractivity contribution is 8.01. The Morgan fingerprint density at radius 2 is 1.83 bits per heavy atom. The molecule has 0 bridgehead atoms. The fourth-order valence-electron chi connectivity index (χ4n) is 2.38. The number of thioether (sulfide) groups is 1. The molecule has 6 nitrogen and oxygen atoms in total. The van der Waals surface area contributed by atoms with Crippen LogP contribution in [0.5, 0.6) is 0 Å². The minimum atomic E-state index is -1.12. The van der Waals surface area contributed by atoms with Gasteiger partial charge in [-0.05, 0) is 24.3 Å². The number of carboxylic acid groups (broad SMARTS) is 1. The maximum Gasteiger partial charge on any atom is 0.337 e. The number of carbonyl (C=O) groups is 3. The number of amides is 2. The van der Waals surface area contributed by atoms with E-state index in [-0.39, 0.29) is 23.6 Å². The van der Waals surface area contributed by atoms with Gasteiger partial charge in [0.15, 0.2) is 0 Å². The van der Waals surface area contributed by atoms with E-state index < -0.39 is 17.1 Å². The summed E-state index contributed by atoms with van der Waals surface area (Å²) in [6.07, 6.45) is -0.0429. The second kappa shape index (κ2) is 6.76. The van der Waals surface area contributed by atoms with E-state index in [4.69, 9.17) is 5.11 Å². The van der Waals surface area contributed by atoms with E-state index in [1.807, 2.05) is 18.2 Å². The first-order chi connectivity index (χ1) is 11.5. The fourth-order valence-corrected chi connectivity index (χ4v) is 3.49. The summed E-state index contributed by atoms with van der Waals surface area (Å²) in [6.45, 7) is 0. The maximum absolute atomic E-state index is 12.2. The van der Waals surface area contributed by atoms with E-state index in [2.05, 4.69) is 10.6 Å². The normalized spacial score (nSPS) is 16.0. The van der Waals surface area contributed by atoms with Gasteiger partial charge in [-0.2, -0.15) is 0 Å². The highest BCUT2D eigenvalue weighted by Gasteiger charge is 2.29. The Hall–Kier alpha value is -2.80. The number of fused-ring (bicyclic) bond motifs is 1. The standard InChI is InChI=1S/C17H14N2O4S/c20-15(18-11-6-2-1-5-10(11)17(22)23)9-14-16(21)19-12-7-3-4-8-13(12)24-14/h1-8,14H,9H2,(H,18,20)(H,19,21)(H,22,23). The summed E-state index contributed by atoms with van der Waals surface area (Å²) in [5, 5.41) is 13.9. The lowest BCUT2D eigenvalue weighted by atomic mass is 10.1. The van der Waals surface area contributed by atoms with Gasteiger partial charge in [-0.1, -0.05) is 24.3 Å². The van der Waals surface area contributed by atoms with Gasteiger partial charge in [0.05, 0.1) is 22.2 Å². The smallest absolute Gasteiger partial charge is 0.337 e. The van der Waals surface area contributed by atoms with E-state index in [9.17, 15) is 14.4 Å². The molecule has 2 aromatic rings. The van der Waals surface area contributed by atoms with Gasteiger partial charge in [0.2, 0.25) is 11.8 Å². The van der Waals surface area contributed by atoms with Crippen molar-refractivity contribution >= 4 is 40.9 Å². The maximum atomic E-state index is 12.2. The number of hydrogen-bond acceptors (Lipinski definition) is 4. The van der Waals surface area contributed by atoms with Crippen molar-refractivity contribution in [2.45, 2.75) is 16.6 Å². The van der Waals surface area contributed by atoms with Gasteiger partial charge in [0.25, 0.3) is 0 Å². The van der Waals surface area contributed by atoms with Crippen molar-refractivity contribution in [3.05, 3.63) is 54.1 Å². The largest absolute Gasteiger partial charge is 0.478 e. The molecule has 3 rings (SSSR count). The topological polar surface area (TPSA) is 95.5 Å². The predicted molar refractivity (Wildman–Crippen MR) is 91.4 cm³/mol. The van der Waals surface area contributed by atoms with Gasteiger partial charge in [-0.25, -0.2) is 4.79 Å². The molecule has 1 atom stereocenters. The lowest BCUT2D eigenvalue weighted by Gasteiger charge is -2.23. The molecule has 1 aliphatic heterocycles. The molecule has 0 fully saturated rings. The molecule has 1 heterocycles. The van der Waals surface area contributed by atoms with E-state index in [1.54, 1.807) is 18.2 Å². The van der Waals surface area contributed by atoms with Crippen LogP contribution in [0, 0.1) is 0 Å². The summed E-state index contributed by atoms with van der Waals surface area (Å²) >= 11 is 1.33. The number of benzene rings is 2. The molecule has 2 amide bonds. The molecule has 2 aromatic carbocycles. The molecule has 1 unspecified atom stereocenters. The lowest BCUT2D eigenvalue weighted by Crippen LogP contribution is -2.32. The van der Waals surface area contributed by atoms with Crippen LogP contribution in [0.25, 0.3) is 0 Å². The fraction of sp³-hybridized carbons (Fsp3) is 0.118. The summed E-state index contributed by atoms with van der Waals surface area (Å²) < 4.78 is 0. The van der Waals surface area contributed by atoms with Crippen LogP contribution in [0.4, 0.5) is 11.4 Å². The van der Waals surface area contributed by atoms with Crippen LogP contribution in [-0.2, 0) is 9.59 Å². The van der Waals surface area contributed by atoms with Gasteiger partial charge >= 0.3 is 5.97 Å². The Bertz CT molecular complexity index is 822. The number of hydrogen-bond donors (Lipinski definition) is 3. The van der Waals surface area contributed by atoms with Crippen LogP contribution in [-0.4, -0.2) is 28.1 Å². The Morgan fingerprint density at radius 3 is 2.62 bits per heavy atom. The third kappa shape index (κ3) is 3.41.